The molecule has 0 unspecified atom stereocenters. The van der Waals surface area contributed by atoms with Crippen LogP contribution in [0.4, 0.5) is 0 Å². The van der Waals surface area contributed by atoms with E-state index < -0.39 is 0 Å². The van der Waals surface area contributed by atoms with E-state index >= 15 is 0 Å². The van der Waals surface area contributed by atoms with Crippen LogP contribution in [0.15, 0.2) is 35.8 Å². The Morgan fingerprint density at radius 2 is 1.84 bits per heavy atom. The van der Waals surface area contributed by atoms with Crippen LogP contribution in [0.2, 0.25) is 5.02 Å². The van der Waals surface area contributed by atoms with Gasteiger partial charge in [-0.05, 0) is 31.2 Å². The van der Waals surface area contributed by atoms with Gasteiger partial charge in [-0.25, -0.2) is 4.98 Å². The van der Waals surface area contributed by atoms with Gasteiger partial charge in [0, 0.05) is 67.3 Å². The first-order valence-corrected chi connectivity index (χ1v) is 11.5. The Bertz CT molecular complexity index is 1140. The fraction of sp³-hybridized carbons (Fsp3) is 0.364. The number of rotatable bonds is 3. The van der Waals surface area contributed by atoms with Gasteiger partial charge < -0.3 is 9.80 Å². The zero-order valence-electron chi connectivity index (χ0n) is 17.1. The van der Waals surface area contributed by atoms with E-state index in [1.807, 2.05) is 46.4 Å². The fourth-order valence-corrected chi connectivity index (χ4v) is 5.02. The second-order valence-corrected chi connectivity index (χ2v) is 9.32. The molecule has 0 bridgehead atoms. The molecule has 2 saturated heterocycles. The third-order valence-corrected chi connectivity index (χ3v) is 7.08. The molecule has 2 aliphatic rings. The Labute approximate surface area is 189 Å². The zero-order valence-corrected chi connectivity index (χ0v) is 18.7. The summed E-state index contributed by atoms with van der Waals surface area (Å²) in [7, 11) is 0. The molecule has 0 spiro atoms. The summed E-state index contributed by atoms with van der Waals surface area (Å²) in [6.07, 6.45) is 1.66. The normalized spacial score (nSPS) is 17.7. The predicted octanol–water partition coefficient (Wildman–Crippen LogP) is 2.94. The maximum atomic E-state index is 13.1. The minimum Gasteiger partial charge on any atom is -0.335 e. The molecule has 2 aromatic heterocycles. The molecular formula is C22H22ClN5O2S. The average Bonchev–Trinajstić information content (AvgIpc) is 3.27. The summed E-state index contributed by atoms with van der Waals surface area (Å²) >= 11 is 7.48. The molecule has 31 heavy (non-hydrogen) atoms. The Kier molecular flexibility index (Phi) is 5.37. The van der Waals surface area contributed by atoms with Crippen LogP contribution in [0.5, 0.6) is 0 Å². The lowest BCUT2D eigenvalue weighted by Crippen LogP contribution is -2.64. The number of carbonyl (C=O) groups excluding carboxylic acids is 2. The molecule has 0 atom stereocenters. The van der Waals surface area contributed by atoms with Crippen LogP contribution in [-0.4, -0.2) is 81.8 Å². The Morgan fingerprint density at radius 3 is 2.55 bits per heavy atom. The van der Waals surface area contributed by atoms with E-state index in [1.54, 1.807) is 6.20 Å². The molecule has 3 aromatic rings. The molecule has 7 nitrogen and oxygen atoms in total. The number of hydrogen-bond donors (Lipinski definition) is 0. The van der Waals surface area contributed by atoms with Crippen LogP contribution >= 0.6 is 22.9 Å². The van der Waals surface area contributed by atoms with E-state index in [4.69, 9.17) is 11.6 Å². The average molecular weight is 456 g/mol. The van der Waals surface area contributed by atoms with Crippen LogP contribution in [-0.2, 0) is 0 Å². The van der Waals surface area contributed by atoms with E-state index in [0.717, 1.165) is 29.7 Å². The monoisotopic (exact) mass is 455 g/mol. The summed E-state index contributed by atoms with van der Waals surface area (Å²) in [6.45, 7) is 6.29. The Hall–Kier alpha value is -2.55. The van der Waals surface area contributed by atoms with E-state index in [0.29, 0.717) is 47.8 Å². The van der Waals surface area contributed by atoms with Crippen molar-refractivity contribution in [3.05, 3.63) is 57.1 Å². The van der Waals surface area contributed by atoms with Crippen LogP contribution in [0.1, 0.15) is 25.9 Å². The van der Waals surface area contributed by atoms with Gasteiger partial charge in [0.25, 0.3) is 11.8 Å². The number of aryl methyl sites for hydroxylation is 1. The molecule has 160 valence electrons. The number of aromatic nitrogens is 2. The van der Waals surface area contributed by atoms with Gasteiger partial charge in [0.2, 0.25) is 0 Å². The second-order valence-electron chi connectivity index (χ2n) is 7.99. The summed E-state index contributed by atoms with van der Waals surface area (Å²) < 4.78 is 0. The minimum atomic E-state index is 0.0134. The maximum Gasteiger partial charge on any atom is 0.282 e. The highest BCUT2D eigenvalue weighted by Crippen LogP contribution is 2.25. The summed E-state index contributed by atoms with van der Waals surface area (Å²) in [4.78, 5) is 40.3. The molecule has 0 radical (unpaired) electrons. The first-order valence-electron chi connectivity index (χ1n) is 10.3. The third-order valence-electron chi connectivity index (χ3n) is 6.08. The molecule has 2 fully saturated rings. The predicted molar refractivity (Wildman–Crippen MR) is 121 cm³/mol. The SMILES string of the molecule is Cc1nc2ccc(Cl)cc2cc1C(=O)N1CC(N2CCN(C(=O)c3nccs3)CC2)C1. The number of carbonyl (C=O) groups is 2. The number of benzene rings is 1. The lowest BCUT2D eigenvalue weighted by atomic mass is 10.0. The van der Waals surface area contributed by atoms with Crippen molar-refractivity contribution in [1.29, 1.82) is 0 Å². The number of hydrogen-bond acceptors (Lipinski definition) is 6. The number of pyridine rings is 1. The van der Waals surface area contributed by atoms with Crippen molar-refractivity contribution in [2.45, 2.75) is 13.0 Å². The van der Waals surface area contributed by atoms with Crippen molar-refractivity contribution in [3.63, 3.8) is 0 Å². The number of fused-ring (bicyclic) bond motifs is 1. The van der Waals surface area contributed by atoms with Gasteiger partial charge in [0.15, 0.2) is 5.01 Å². The summed E-state index contributed by atoms with van der Waals surface area (Å²) in [6, 6.07) is 7.75. The molecule has 0 N–H and O–H groups in total. The van der Waals surface area contributed by atoms with Gasteiger partial charge in [-0.3, -0.25) is 19.5 Å². The molecule has 1 aromatic carbocycles. The highest BCUT2D eigenvalue weighted by Gasteiger charge is 2.37. The van der Waals surface area contributed by atoms with E-state index in [1.165, 1.54) is 11.3 Å². The summed E-state index contributed by atoms with van der Waals surface area (Å²) in [5.41, 5.74) is 2.20. The molecule has 2 amide bonds. The number of amides is 2. The van der Waals surface area contributed by atoms with E-state index in [2.05, 4.69) is 14.9 Å². The summed E-state index contributed by atoms with van der Waals surface area (Å²) in [5.74, 6) is 0.0279. The van der Waals surface area contributed by atoms with Crippen molar-refractivity contribution in [2.24, 2.45) is 0 Å². The minimum absolute atomic E-state index is 0.0134. The molecule has 0 aliphatic carbocycles. The van der Waals surface area contributed by atoms with Gasteiger partial charge in [-0.1, -0.05) is 11.6 Å². The van der Waals surface area contributed by atoms with Crippen LogP contribution in [0.3, 0.4) is 0 Å². The lowest BCUT2D eigenvalue weighted by Gasteiger charge is -2.48. The van der Waals surface area contributed by atoms with Crippen LogP contribution in [0, 0.1) is 6.92 Å². The van der Waals surface area contributed by atoms with E-state index in [9.17, 15) is 9.59 Å². The number of halogens is 1. The molecule has 5 rings (SSSR count). The smallest absolute Gasteiger partial charge is 0.282 e. The van der Waals surface area contributed by atoms with Gasteiger partial charge in [0.1, 0.15) is 0 Å². The van der Waals surface area contributed by atoms with Crippen molar-refractivity contribution in [3.8, 4) is 0 Å². The van der Waals surface area contributed by atoms with Gasteiger partial charge in [-0.2, -0.15) is 0 Å². The van der Waals surface area contributed by atoms with Crippen LogP contribution < -0.4 is 0 Å². The molecule has 4 heterocycles. The molecule has 9 heteroatoms. The van der Waals surface area contributed by atoms with Crippen molar-refractivity contribution >= 4 is 45.7 Å². The second kappa shape index (κ2) is 8.18. The molecule has 0 saturated carbocycles. The number of piperazine rings is 1. The zero-order chi connectivity index (χ0) is 21.5. The quantitative estimate of drug-likeness (QED) is 0.607. The first kappa shape index (κ1) is 20.4. The topological polar surface area (TPSA) is 69.6 Å². The largest absolute Gasteiger partial charge is 0.335 e. The highest BCUT2D eigenvalue weighted by molar-refractivity contribution is 7.11. The van der Waals surface area contributed by atoms with Gasteiger partial charge in [-0.15, -0.1) is 11.3 Å². The van der Waals surface area contributed by atoms with Crippen molar-refractivity contribution < 1.29 is 9.59 Å². The molecular weight excluding hydrogens is 434 g/mol. The van der Waals surface area contributed by atoms with Gasteiger partial charge in [0.05, 0.1) is 16.8 Å². The first-order chi connectivity index (χ1) is 15.0. The van der Waals surface area contributed by atoms with Crippen LogP contribution in [0.25, 0.3) is 10.9 Å². The number of thiazole rings is 1. The van der Waals surface area contributed by atoms with E-state index in [-0.39, 0.29) is 11.8 Å². The highest BCUT2D eigenvalue weighted by atomic mass is 35.5. The third kappa shape index (κ3) is 3.91. The fourth-order valence-electron chi connectivity index (χ4n) is 4.24. The maximum absolute atomic E-state index is 13.1. The number of likely N-dealkylation sites (tertiary alicyclic amines) is 1. The standard InChI is InChI=1S/C22H22ClN5O2S/c1-14-18(11-15-10-16(23)2-3-19(15)25-14)21(29)28-12-17(13-28)26-5-7-27(8-6-26)22(30)20-24-4-9-31-20/h2-4,9-11,17H,5-8,12-13H2,1H3. The Morgan fingerprint density at radius 1 is 1.06 bits per heavy atom. The van der Waals surface area contributed by atoms with Crippen molar-refractivity contribution in [2.75, 3.05) is 39.3 Å². The van der Waals surface area contributed by atoms with Gasteiger partial charge >= 0.3 is 0 Å². The number of nitrogens with zero attached hydrogens (tertiary/aromatic N) is 5. The lowest BCUT2D eigenvalue weighted by molar-refractivity contribution is 0.00848. The summed E-state index contributed by atoms with van der Waals surface area (Å²) in [5, 5.41) is 3.88. The molecule has 2 aliphatic heterocycles. The van der Waals surface area contributed by atoms with Crippen molar-refractivity contribution in [1.82, 2.24) is 24.7 Å². The Balaban J connectivity index is 1.19.